The van der Waals surface area contributed by atoms with E-state index in [1.807, 2.05) is 13.0 Å². The fraction of sp³-hybridized carbons (Fsp3) is 0.727. The lowest BCUT2D eigenvalue weighted by Crippen LogP contribution is -2.07. The Morgan fingerprint density at radius 3 is 2.69 bits per heavy atom. The van der Waals surface area contributed by atoms with E-state index in [0.29, 0.717) is 6.42 Å². The van der Waals surface area contributed by atoms with Crippen molar-refractivity contribution < 1.29 is 9.53 Å². The molecule has 0 aromatic rings. The molecule has 0 aromatic heterocycles. The molecular weight excluding hydrogens is 164 g/mol. The number of hydrogen-bond donors (Lipinski definition) is 0. The third-order valence-electron chi connectivity index (χ3n) is 2.02. The first-order valence-electron chi connectivity index (χ1n) is 4.88. The van der Waals surface area contributed by atoms with Gasteiger partial charge in [-0.15, -0.1) is 0 Å². The fourth-order valence-corrected chi connectivity index (χ4v) is 1.19. The highest BCUT2D eigenvalue weighted by Gasteiger charge is 2.02. The number of carbonyl (C=O) groups excluding carboxylic acids is 1. The van der Waals surface area contributed by atoms with Gasteiger partial charge in [0.25, 0.3) is 0 Å². The number of unbranched alkanes of at least 4 members (excludes halogenated alkanes) is 1. The van der Waals surface area contributed by atoms with Crippen molar-refractivity contribution in [2.45, 2.75) is 45.6 Å². The third kappa shape index (κ3) is 6.52. The van der Waals surface area contributed by atoms with Gasteiger partial charge in [-0.25, -0.2) is 0 Å². The predicted molar refractivity (Wildman–Crippen MR) is 54.8 cm³/mol. The van der Waals surface area contributed by atoms with Gasteiger partial charge in [-0.05, 0) is 13.3 Å². The van der Waals surface area contributed by atoms with Crippen molar-refractivity contribution in [1.29, 1.82) is 0 Å². The molecule has 0 N–H and O–H groups in total. The Balaban J connectivity index is 3.92. The smallest absolute Gasteiger partial charge is 0.124 e. The van der Waals surface area contributed by atoms with E-state index in [1.54, 1.807) is 7.11 Å². The number of rotatable bonds is 7. The van der Waals surface area contributed by atoms with Crippen LogP contribution >= 0.6 is 0 Å². The maximum atomic E-state index is 10.2. The molecule has 0 radical (unpaired) electrons. The lowest BCUT2D eigenvalue weighted by atomic mass is 10.1. The van der Waals surface area contributed by atoms with Gasteiger partial charge in [0.15, 0.2) is 0 Å². The molecule has 0 aliphatic carbocycles. The van der Waals surface area contributed by atoms with E-state index >= 15 is 0 Å². The summed E-state index contributed by atoms with van der Waals surface area (Å²) in [6.45, 7) is 4.13. The van der Waals surface area contributed by atoms with Gasteiger partial charge in [-0.3, -0.25) is 0 Å². The summed E-state index contributed by atoms with van der Waals surface area (Å²) in [5, 5.41) is 0. The Labute approximate surface area is 81.0 Å². The Morgan fingerprint density at radius 2 is 2.23 bits per heavy atom. The van der Waals surface area contributed by atoms with Gasteiger partial charge in [0.1, 0.15) is 6.29 Å². The van der Waals surface area contributed by atoms with Crippen LogP contribution in [0.15, 0.2) is 11.6 Å². The summed E-state index contributed by atoms with van der Waals surface area (Å²) < 4.78 is 5.28. The van der Waals surface area contributed by atoms with E-state index in [2.05, 4.69) is 6.92 Å². The van der Waals surface area contributed by atoms with Crippen LogP contribution < -0.4 is 0 Å². The van der Waals surface area contributed by atoms with Crippen LogP contribution in [0.2, 0.25) is 0 Å². The van der Waals surface area contributed by atoms with Crippen molar-refractivity contribution in [1.82, 2.24) is 0 Å². The monoisotopic (exact) mass is 184 g/mol. The number of aldehydes is 1. The van der Waals surface area contributed by atoms with Crippen LogP contribution in [0.3, 0.4) is 0 Å². The van der Waals surface area contributed by atoms with E-state index in [1.165, 1.54) is 12.8 Å². The van der Waals surface area contributed by atoms with Gasteiger partial charge in [-0.2, -0.15) is 0 Å². The normalized spacial score (nSPS) is 14.2. The number of ether oxygens (including phenoxy) is 1. The quantitative estimate of drug-likeness (QED) is 0.449. The van der Waals surface area contributed by atoms with Crippen molar-refractivity contribution in [2.24, 2.45) is 0 Å². The maximum absolute atomic E-state index is 10.2. The number of hydrogen-bond acceptors (Lipinski definition) is 2. The summed E-state index contributed by atoms with van der Waals surface area (Å²) in [5.41, 5.74) is 1.10. The molecule has 0 spiro atoms. The van der Waals surface area contributed by atoms with Crippen LogP contribution in [0.1, 0.15) is 39.5 Å². The first-order chi connectivity index (χ1) is 6.24. The topological polar surface area (TPSA) is 26.3 Å². The predicted octanol–water partition coefficient (Wildman–Crippen LogP) is 2.73. The van der Waals surface area contributed by atoms with E-state index in [4.69, 9.17) is 4.74 Å². The van der Waals surface area contributed by atoms with Gasteiger partial charge in [0, 0.05) is 13.5 Å². The Bertz CT molecular complexity index is 161. The molecule has 0 fully saturated rings. The molecule has 0 heterocycles. The summed E-state index contributed by atoms with van der Waals surface area (Å²) >= 11 is 0. The molecule has 13 heavy (non-hydrogen) atoms. The van der Waals surface area contributed by atoms with Crippen LogP contribution in [-0.2, 0) is 9.53 Å². The zero-order valence-corrected chi connectivity index (χ0v) is 8.88. The number of carbonyl (C=O) groups is 1. The van der Waals surface area contributed by atoms with Crippen LogP contribution in [-0.4, -0.2) is 19.5 Å². The second-order valence-corrected chi connectivity index (χ2v) is 3.30. The maximum Gasteiger partial charge on any atom is 0.124 e. The van der Waals surface area contributed by atoms with E-state index in [9.17, 15) is 4.79 Å². The second kappa shape index (κ2) is 7.99. The molecular formula is C11H20O2. The molecule has 2 nitrogen and oxygen atoms in total. The molecule has 0 aliphatic rings. The standard InChI is InChI=1S/C11H20O2/c1-4-5-6-11(13-3)9-10(2)7-8-12/h8-9,11H,4-7H2,1-3H3/b10-9+. The minimum atomic E-state index is 0.180. The lowest BCUT2D eigenvalue weighted by Gasteiger charge is -2.10. The zero-order valence-electron chi connectivity index (χ0n) is 8.88. The molecule has 0 rings (SSSR count). The minimum absolute atomic E-state index is 0.180. The first kappa shape index (κ1) is 12.4. The first-order valence-corrected chi connectivity index (χ1v) is 4.88. The number of allylic oxidation sites excluding steroid dienone is 1. The number of methoxy groups -OCH3 is 1. The Kier molecular flexibility index (Phi) is 7.60. The van der Waals surface area contributed by atoms with Crippen molar-refractivity contribution in [3.63, 3.8) is 0 Å². The highest BCUT2D eigenvalue weighted by Crippen LogP contribution is 2.09. The summed E-state index contributed by atoms with van der Waals surface area (Å²) in [6, 6.07) is 0. The molecule has 2 heteroatoms. The van der Waals surface area contributed by atoms with E-state index in [0.717, 1.165) is 18.3 Å². The molecule has 0 amide bonds. The van der Waals surface area contributed by atoms with Gasteiger partial charge in [0.05, 0.1) is 6.10 Å². The third-order valence-corrected chi connectivity index (χ3v) is 2.02. The van der Waals surface area contributed by atoms with Gasteiger partial charge >= 0.3 is 0 Å². The molecule has 0 saturated heterocycles. The van der Waals surface area contributed by atoms with Gasteiger partial charge < -0.3 is 9.53 Å². The van der Waals surface area contributed by atoms with Crippen molar-refractivity contribution in [3.05, 3.63) is 11.6 Å². The van der Waals surface area contributed by atoms with Crippen LogP contribution in [0.25, 0.3) is 0 Å². The summed E-state index contributed by atoms with van der Waals surface area (Å²) in [5.74, 6) is 0. The summed E-state index contributed by atoms with van der Waals surface area (Å²) in [6.07, 6.45) is 7.07. The Morgan fingerprint density at radius 1 is 1.54 bits per heavy atom. The van der Waals surface area contributed by atoms with E-state index < -0.39 is 0 Å². The molecule has 0 aromatic carbocycles. The molecule has 76 valence electrons. The molecule has 1 atom stereocenters. The molecule has 0 aliphatic heterocycles. The van der Waals surface area contributed by atoms with Gasteiger partial charge in [-0.1, -0.05) is 31.4 Å². The largest absolute Gasteiger partial charge is 0.377 e. The van der Waals surface area contributed by atoms with Crippen molar-refractivity contribution in [2.75, 3.05) is 7.11 Å². The zero-order chi connectivity index (χ0) is 10.1. The van der Waals surface area contributed by atoms with Gasteiger partial charge in [0.2, 0.25) is 0 Å². The molecule has 1 unspecified atom stereocenters. The van der Waals surface area contributed by atoms with Crippen LogP contribution in [0.5, 0.6) is 0 Å². The molecule has 0 bridgehead atoms. The summed E-state index contributed by atoms with van der Waals surface area (Å²) in [4.78, 5) is 10.2. The van der Waals surface area contributed by atoms with Crippen LogP contribution in [0, 0.1) is 0 Å². The van der Waals surface area contributed by atoms with Crippen LogP contribution in [0.4, 0.5) is 0 Å². The van der Waals surface area contributed by atoms with Crippen molar-refractivity contribution >= 4 is 6.29 Å². The van der Waals surface area contributed by atoms with E-state index in [-0.39, 0.29) is 6.10 Å². The SMILES string of the molecule is CCCCC(/C=C(\C)CC=O)OC. The fourth-order valence-electron chi connectivity index (χ4n) is 1.19. The lowest BCUT2D eigenvalue weighted by molar-refractivity contribution is -0.107. The minimum Gasteiger partial charge on any atom is -0.377 e. The highest BCUT2D eigenvalue weighted by molar-refractivity contribution is 5.53. The Hall–Kier alpha value is -0.630. The average molecular weight is 184 g/mol. The molecule has 0 saturated carbocycles. The second-order valence-electron chi connectivity index (χ2n) is 3.30. The summed E-state index contributed by atoms with van der Waals surface area (Å²) in [7, 11) is 1.71. The highest BCUT2D eigenvalue weighted by atomic mass is 16.5. The van der Waals surface area contributed by atoms with Crippen molar-refractivity contribution in [3.8, 4) is 0 Å². The average Bonchev–Trinajstić information content (AvgIpc) is 2.12.